The maximum atomic E-state index is 5.55. The zero-order valence-electron chi connectivity index (χ0n) is 10.6. The van der Waals surface area contributed by atoms with E-state index in [0.717, 1.165) is 58.0 Å². The molecule has 3 rings (SSSR count). The summed E-state index contributed by atoms with van der Waals surface area (Å²) < 4.78 is 10.9. The fourth-order valence-corrected chi connectivity index (χ4v) is 2.50. The van der Waals surface area contributed by atoms with E-state index in [1.807, 2.05) is 0 Å². The summed E-state index contributed by atoms with van der Waals surface area (Å²) in [4.78, 5) is 6.81. The van der Waals surface area contributed by atoms with Gasteiger partial charge >= 0.3 is 0 Å². The van der Waals surface area contributed by atoms with Crippen LogP contribution < -0.4 is 5.32 Å². The Kier molecular flexibility index (Phi) is 3.87. The van der Waals surface area contributed by atoms with E-state index in [9.17, 15) is 0 Å². The van der Waals surface area contributed by atoms with Crippen molar-refractivity contribution in [3.8, 4) is 0 Å². The van der Waals surface area contributed by atoms with Gasteiger partial charge in [0.2, 0.25) is 11.7 Å². The van der Waals surface area contributed by atoms with Gasteiger partial charge in [-0.2, -0.15) is 4.98 Å². The standard InChI is InChI=1S/C12H20N4O2/c1-3-10(17-8-1)12-14-11(18-15-12)9-16-6-2-4-13-5-7-16/h10,13H,1-9H2. The van der Waals surface area contributed by atoms with Crippen molar-refractivity contribution in [2.75, 3.05) is 32.8 Å². The molecule has 2 aliphatic rings. The lowest BCUT2D eigenvalue weighted by Gasteiger charge is -2.16. The van der Waals surface area contributed by atoms with Gasteiger partial charge in [-0.1, -0.05) is 5.16 Å². The molecule has 2 aliphatic heterocycles. The molecule has 2 saturated heterocycles. The average molecular weight is 252 g/mol. The summed E-state index contributed by atoms with van der Waals surface area (Å²) in [6, 6.07) is 0. The largest absolute Gasteiger partial charge is 0.370 e. The Morgan fingerprint density at radius 1 is 1.28 bits per heavy atom. The zero-order valence-corrected chi connectivity index (χ0v) is 10.6. The summed E-state index contributed by atoms with van der Waals surface area (Å²) in [5.74, 6) is 1.43. The van der Waals surface area contributed by atoms with Gasteiger partial charge in [0.15, 0.2) is 0 Å². The molecular formula is C12H20N4O2. The van der Waals surface area contributed by atoms with Crippen LogP contribution in [0.2, 0.25) is 0 Å². The Morgan fingerprint density at radius 2 is 2.28 bits per heavy atom. The number of aromatic nitrogens is 2. The summed E-state index contributed by atoms with van der Waals surface area (Å²) in [5, 5.41) is 7.42. The van der Waals surface area contributed by atoms with E-state index < -0.39 is 0 Å². The third-order valence-electron chi connectivity index (χ3n) is 3.49. The SMILES string of the molecule is C1COC(c2noc(CN3CCCNCC3)n2)C1. The lowest BCUT2D eigenvalue weighted by Crippen LogP contribution is -2.27. The summed E-state index contributed by atoms with van der Waals surface area (Å²) >= 11 is 0. The summed E-state index contributed by atoms with van der Waals surface area (Å²) in [6.45, 7) is 5.82. The van der Waals surface area contributed by atoms with Crippen molar-refractivity contribution in [2.24, 2.45) is 0 Å². The van der Waals surface area contributed by atoms with Crippen LogP contribution in [0.5, 0.6) is 0 Å². The molecule has 18 heavy (non-hydrogen) atoms. The molecule has 0 bridgehead atoms. The van der Waals surface area contributed by atoms with Gasteiger partial charge in [0.25, 0.3) is 0 Å². The highest BCUT2D eigenvalue weighted by Gasteiger charge is 2.23. The molecule has 0 aliphatic carbocycles. The van der Waals surface area contributed by atoms with E-state index in [0.29, 0.717) is 5.89 Å². The van der Waals surface area contributed by atoms with Crippen molar-refractivity contribution in [1.29, 1.82) is 0 Å². The molecule has 1 N–H and O–H groups in total. The van der Waals surface area contributed by atoms with Crippen LogP contribution >= 0.6 is 0 Å². The van der Waals surface area contributed by atoms with Crippen LogP contribution in [0.4, 0.5) is 0 Å². The van der Waals surface area contributed by atoms with Crippen molar-refractivity contribution in [3.63, 3.8) is 0 Å². The molecule has 0 saturated carbocycles. The molecule has 0 aromatic carbocycles. The highest BCUT2D eigenvalue weighted by Crippen LogP contribution is 2.26. The summed E-state index contributed by atoms with van der Waals surface area (Å²) in [7, 11) is 0. The second-order valence-corrected chi connectivity index (χ2v) is 4.93. The zero-order chi connectivity index (χ0) is 12.2. The number of nitrogens with one attached hydrogen (secondary N) is 1. The predicted octanol–water partition coefficient (Wildman–Crippen LogP) is 0.716. The Hall–Kier alpha value is -0.980. The van der Waals surface area contributed by atoms with Gasteiger partial charge in [-0.3, -0.25) is 4.90 Å². The first-order valence-electron chi connectivity index (χ1n) is 6.79. The van der Waals surface area contributed by atoms with Crippen LogP contribution in [-0.4, -0.2) is 47.8 Å². The molecule has 6 heteroatoms. The van der Waals surface area contributed by atoms with Crippen molar-refractivity contribution in [2.45, 2.75) is 31.9 Å². The van der Waals surface area contributed by atoms with E-state index >= 15 is 0 Å². The number of rotatable bonds is 3. The normalized spacial score (nSPS) is 26.3. The van der Waals surface area contributed by atoms with Crippen LogP contribution in [0.3, 0.4) is 0 Å². The highest BCUT2D eigenvalue weighted by molar-refractivity contribution is 4.93. The monoisotopic (exact) mass is 252 g/mol. The number of hydrogen-bond acceptors (Lipinski definition) is 6. The van der Waals surface area contributed by atoms with Crippen LogP contribution in [0, 0.1) is 0 Å². The number of hydrogen-bond donors (Lipinski definition) is 1. The van der Waals surface area contributed by atoms with Gasteiger partial charge in [0, 0.05) is 19.7 Å². The van der Waals surface area contributed by atoms with Gasteiger partial charge in [-0.05, 0) is 32.4 Å². The van der Waals surface area contributed by atoms with Crippen LogP contribution in [0.1, 0.15) is 37.1 Å². The van der Waals surface area contributed by atoms with Crippen LogP contribution in [0.25, 0.3) is 0 Å². The maximum Gasteiger partial charge on any atom is 0.240 e. The van der Waals surface area contributed by atoms with Crippen LogP contribution in [-0.2, 0) is 11.3 Å². The van der Waals surface area contributed by atoms with E-state index in [4.69, 9.17) is 9.26 Å². The lowest BCUT2D eigenvalue weighted by atomic mass is 10.2. The minimum Gasteiger partial charge on any atom is -0.370 e. The van der Waals surface area contributed by atoms with Crippen LogP contribution in [0.15, 0.2) is 4.52 Å². The average Bonchev–Trinajstić information content (AvgIpc) is 2.98. The second-order valence-electron chi connectivity index (χ2n) is 4.93. The topological polar surface area (TPSA) is 63.4 Å². The maximum absolute atomic E-state index is 5.55. The molecule has 1 atom stereocenters. The number of ether oxygens (including phenoxy) is 1. The first-order valence-corrected chi connectivity index (χ1v) is 6.79. The molecule has 1 aromatic heterocycles. The second kappa shape index (κ2) is 5.77. The molecule has 0 radical (unpaired) electrons. The van der Waals surface area contributed by atoms with Gasteiger partial charge < -0.3 is 14.6 Å². The smallest absolute Gasteiger partial charge is 0.240 e. The minimum atomic E-state index is 0.0494. The molecule has 3 heterocycles. The number of nitrogens with zero attached hydrogens (tertiary/aromatic N) is 3. The third kappa shape index (κ3) is 2.88. The molecule has 1 unspecified atom stereocenters. The van der Waals surface area contributed by atoms with Crippen molar-refractivity contribution in [1.82, 2.24) is 20.4 Å². The Balaban J connectivity index is 1.58. The van der Waals surface area contributed by atoms with E-state index in [1.54, 1.807) is 0 Å². The molecule has 2 fully saturated rings. The van der Waals surface area contributed by atoms with E-state index in [-0.39, 0.29) is 6.10 Å². The molecule has 0 spiro atoms. The van der Waals surface area contributed by atoms with E-state index in [2.05, 4.69) is 20.4 Å². The van der Waals surface area contributed by atoms with Gasteiger partial charge in [0.1, 0.15) is 6.10 Å². The molecule has 0 amide bonds. The van der Waals surface area contributed by atoms with Gasteiger partial charge in [0.05, 0.1) is 6.54 Å². The van der Waals surface area contributed by atoms with Crippen molar-refractivity contribution < 1.29 is 9.26 Å². The summed E-state index contributed by atoms with van der Waals surface area (Å²) in [5.41, 5.74) is 0. The predicted molar refractivity (Wildman–Crippen MR) is 65.0 cm³/mol. The van der Waals surface area contributed by atoms with E-state index in [1.165, 1.54) is 6.42 Å². The highest BCUT2D eigenvalue weighted by atomic mass is 16.5. The molecular weight excluding hydrogens is 232 g/mol. The quantitative estimate of drug-likeness (QED) is 0.855. The first-order chi connectivity index (χ1) is 8.92. The van der Waals surface area contributed by atoms with Crippen molar-refractivity contribution in [3.05, 3.63) is 11.7 Å². The molecule has 100 valence electrons. The Morgan fingerprint density at radius 3 is 3.17 bits per heavy atom. The fourth-order valence-electron chi connectivity index (χ4n) is 2.50. The van der Waals surface area contributed by atoms with Crippen molar-refractivity contribution >= 4 is 0 Å². The fraction of sp³-hybridized carbons (Fsp3) is 0.833. The molecule has 1 aromatic rings. The minimum absolute atomic E-state index is 0.0494. The molecule has 6 nitrogen and oxygen atoms in total. The lowest BCUT2D eigenvalue weighted by molar-refractivity contribution is 0.103. The van der Waals surface area contributed by atoms with Gasteiger partial charge in [-0.25, -0.2) is 0 Å². The Labute approximate surface area is 107 Å². The van der Waals surface area contributed by atoms with Gasteiger partial charge in [-0.15, -0.1) is 0 Å². The Bertz CT molecular complexity index is 368. The third-order valence-corrected chi connectivity index (χ3v) is 3.49. The summed E-state index contributed by atoms with van der Waals surface area (Å²) in [6.07, 6.45) is 3.32. The first kappa shape index (κ1) is 12.1.